The Labute approximate surface area is 145 Å². The van der Waals surface area contributed by atoms with Gasteiger partial charge in [0.2, 0.25) is 5.91 Å². The fraction of sp³-hybridized carbons (Fsp3) is 0.650. The van der Waals surface area contributed by atoms with E-state index in [0.717, 1.165) is 65.0 Å². The summed E-state index contributed by atoms with van der Waals surface area (Å²) < 4.78 is 0. The first kappa shape index (κ1) is 16.1. The fourth-order valence-corrected chi connectivity index (χ4v) is 4.89. The fourth-order valence-electron chi connectivity index (χ4n) is 4.89. The minimum Gasteiger partial charge on any atom is -0.340 e. The van der Waals surface area contributed by atoms with E-state index in [0.29, 0.717) is 11.9 Å². The van der Waals surface area contributed by atoms with E-state index in [1.165, 1.54) is 11.1 Å². The summed E-state index contributed by atoms with van der Waals surface area (Å²) in [5.41, 5.74) is 2.32. The zero-order valence-corrected chi connectivity index (χ0v) is 14.8. The third-order valence-corrected chi connectivity index (χ3v) is 6.33. The molecule has 1 aromatic carbocycles. The second-order valence-electron chi connectivity index (χ2n) is 7.82. The highest BCUT2D eigenvalue weighted by atomic mass is 16.2. The molecule has 3 aliphatic rings. The molecule has 1 amide bonds. The highest BCUT2D eigenvalue weighted by molar-refractivity contribution is 5.88. The zero-order valence-electron chi connectivity index (χ0n) is 14.8. The summed E-state index contributed by atoms with van der Waals surface area (Å²) in [5, 5.41) is 3.42. The quantitative estimate of drug-likeness (QED) is 0.899. The topological polar surface area (TPSA) is 35.6 Å². The van der Waals surface area contributed by atoms with Crippen LogP contribution in [-0.4, -0.2) is 61.0 Å². The van der Waals surface area contributed by atoms with Crippen LogP contribution in [0.3, 0.4) is 0 Å². The number of likely N-dealkylation sites (tertiary alicyclic amines) is 1. The van der Waals surface area contributed by atoms with Crippen molar-refractivity contribution in [2.45, 2.75) is 44.1 Å². The number of amides is 1. The molecule has 0 bridgehead atoms. The SMILES string of the molecule is CC1(C(=O)N2CCC(N3CCNCC3)C2)CCCc2ccccc21. The summed E-state index contributed by atoms with van der Waals surface area (Å²) in [5.74, 6) is 0.354. The van der Waals surface area contributed by atoms with E-state index in [2.05, 4.69) is 46.3 Å². The minimum atomic E-state index is -0.326. The molecule has 4 nitrogen and oxygen atoms in total. The highest BCUT2D eigenvalue weighted by Gasteiger charge is 2.43. The number of hydrogen-bond acceptors (Lipinski definition) is 3. The van der Waals surface area contributed by atoms with Crippen molar-refractivity contribution in [2.75, 3.05) is 39.3 Å². The third kappa shape index (κ3) is 2.76. The van der Waals surface area contributed by atoms with E-state index in [1.54, 1.807) is 0 Å². The normalized spacial score (nSPS) is 31.0. The van der Waals surface area contributed by atoms with Crippen LogP contribution < -0.4 is 5.32 Å². The lowest BCUT2D eigenvalue weighted by atomic mass is 9.70. The van der Waals surface area contributed by atoms with E-state index in [4.69, 9.17) is 0 Å². The molecule has 2 atom stereocenters. The number of nitrogens with one attached hydrogen (secondary N) is 1. The highest BCUT2D eigenvalue weighted by Crippen LogP contribution is 2.39. The molecule has 130 valence electrons. The number of fused-ring (bicyclic) bond motifs is 1. The third-order valence-electron chi connectivity index (χ3n) is 6.33. The molecular formula is C20H29N3O. The van der Waals surface area contributed by atoms with Gasteiger partial charge in [-0.2, -0.15) is 0 Å². The second-order valence-corrected chi connectivity index (χ2v) is 7.82. The van der Waals surface area contributed by atoms with Crippen LogP contribution in [0.25, 0.3) is 0 Å². The number of carbonyl (C=O) groups is 1. The smallest absolute Gasteiger partial charge is 0.233 e. The van der Waals surface area contributed by atoms with Crippen LogP contribution in [0.4, 0.5) is 0 Å². The van der Waals surface area contributed by atoms with Crippen LogP contribution in [-0.2, 0) is 16.6 Å². The number of nitrogens with zero attached hydrogens (tertiary/aromatic N) is 2. The van der Waals surface area contributed by atoms with Gasteiger partial charge in [0.15, 0.2) is 0 Å². The Hall–Kier alpha value is -1.39. The molecule has 0 spiro atoms. The molecule has 1 aromatic rings. The van der Waals surface area contributed by atoms with Gasteiger partial charge in [0.25, 0.3) is 0 Å². The number of benzene rings is 1. The van der Waals surface area contributed by atoms with Gasteiger partial charge in [-0.3, -0.25) is 9.69 Å². The van der Waals surface area contributed by atoms with Crippen molar-refractivity contribution in [3.63, 3.8) is 0 Å². The van der Waals surface area contributed by atoms with Gasteiger partial charge in [0.05, 0.1) is 5.41 Å². The summed E-state index contributed by atoms with van der Waals surface area (Å²) in [7, 11) is 0. The maximum absolute atomic E-state index is 13.4. The predicted molar refractivity (Wildman–Crippen MR) is 96.2 cm³/mol. The van der Waals surface area contributed by atoms with Crippen molar-refractivity contribution in [2.24, 2.45) is 0 Å². The summed E-state index contributed by atoms with van der Waals surface area (Å²) in [6.07, 6.45) is 4.35. The molecule has 2 heterocycles. The van der Waals surface area contributed by atoms with Crippen LogP contribution in [0, 0.1) is 0 Å². The monoisotopic (exact) mass is 327 g/mol. The molecule has 2 fully saturated rings. The van der Waals surface area contributed by atoms with Crippen molar-refractivity contribution < 1.29 is 4.79 Å². The van der Waals surface area contributed by atoms with E-state index in [9.17, 15) is 4.79 Å². The van der Waals surface area contributed by atoms with Gasteiger partial charge in [-0.1, -0.05) is 24.3 Å². The van der Waals surface area contributed by atoms with E-state index >= 15 is 0 Å². The maximum Gasteiger partial charge on any atom is 0.233 e. The first-order chi connectivity index (χ1) is 11.7. The lowest BCUT2D eigenvalue weighted by molar-refractivity contribution is -0.136. The molecule has 0 saturated carbocycles. The Bertz CT molecular complexity index is 611. The van der Waals surface area contributed by atoms with Crippen molar-refractivity contribution in [3.8, 4) is 0 Å². The number of hydrogen-bond donors (Lipinski definition) is 1. The molecule has 0 radical (unpaired) electrons. The van der Waals surface area contributed by atoms with Crippen LogP contribution in [0.5, 0.6) is 0 Å². The number of rotatable bonds is 2. The zero-order chi connectivity index (χ0) is 16.6. The molecule has 2 saturated heterocycles. The van der Waals surface area contributed by atoms with Crippen LogP contribution in [0.2, 0.25) is 0 Å². The number of piperazine rings is 1. The molecule has 4 heteroatoms. The lowest BCUT2D eigenvalue weighted by Gasteiger charge is -2.38. The van der Waals surface area contributed by atoms with E-state index in [-0.39, 0.29) is 5.41 Å². The van der Waals surface area contributed by atoms with Crippen LogP contribution in [0.15, 0.2) is 24.3 Å². The molecule has 2 unspecified atom stereocenters. The van der Waals surface area contributed by atoms with Crippen molar-refractivity contribution in [1.29, 1.82) is 0 Å². The molecule has 2 aliphatic heterocycles. The van der Waals surface area contributed by atoms with Crippen molar-refractivity contribution in [3.05, 3.63) is 35.4 Å². The minimum absolute atomic E-state index is 0.326. The van der Waals surface area contributed by atoms with E-state index < -0.39 is 0 Å². The first-order valence-corrected chi connectivity index (χ1v) is 9.51. The van der Waals surface area contributed by atoms with Gasteiger partial charge in [0, 0.05) is 45.3 Å². The Morgan fingerprint density at radius 3 is 2.83 bits per heavy atom. The van der Waals surface area contributed by atoms with Crippen molar-refractivity contribution in [1.82, 2.24) is 15.1 Å². The molecule has 1 aliphatic carbocycles. The maximum atomic E-state index is 13.4. The lowest BCUT2D eigenvalue weighted by Crippen LogP contribution is -2.51. The summed E-state index contributed by atoms with van der Waals surface area (Å²) in [6, 6.07) is 9.12. The average molecular weight is 327 g/mol. The molecule has 24 heavy (non-hydrogen) atoms. The van der Waals surface area contributed by atoms with Gasteiger partial charge >= 0.3 is 0 Å². The van der Waals surface area contributed by atoms with Gasteiger partial charge in [0.1, 0.15) is 0 Å². The predicted octanol–water partition coefficient (Wildman–Crippen LogP) is 1.79. The molecule has 4 rings (SSSR count). The van der Waals surface area contributed by atoms with Gasteiger partial charge in [-0.15, -0.1) is 0 Å². The number of carbonyl (C=O) groups excluding carboxylic acids is 1. The Balaban J connectivity index is 1.50. The van der Waals surface area contributed by atoms with E-state index in [1.807, 2.05) is 0 Å². The summed E-state index contributed by atoms with van der Waals surface area (Å²) in [4.78, 5) is 18.1. The summed E-state index contributed by atoms with van der Waals surface area (Å²) in [6.45, 7) is 8.40. The van der Waals surface area contributed by atoms with Crippen molar-refractivity contribution >= 4 is 5.91 Å². The largest absolute Gasteiger partial charge is 0.340 e. The second kappa shape index (κ2) is 6.49. The Morgan fingerprint density at radius 1 is 1.21 bits per heavy atom. The molecule has 1 N–H and O–H groups in total. The summed E-state index contributed by atoms with van der Waals surface area (Å²) >= 11 is 0. The number of aryl methyl sites for hydroxylation is 1. The Kier molecular flexibility index (Phi) is 4.35. The average Bonchev–Trinajstić information content (AvgIpc) is 3.12. The molecule has 0 aromatic heterocycles. The van der Waals surface area contributed by atoms with Crippen LogP contribution >= 0.6 is 0 Å². The first-order valence-electron chi connectivity index (χ1n) is 9.51. The standard InChI is InChI=1S/C20H29N3O/c1-20(9-4-6-16-5-2-3-7-18(16)20)19(24)23-12-8-17(15-23)22-13-10-21-11-14-22/h2-3,5,7,17,21H,4,6,8-15H2,1H3. The Morgan fingerprint density at radius 2 is 2.00 bits per heavy atom. The van der Waals surface area contributed by atoms with Gasteiger partial charge < -0.3 is 10.2 Å². The molecular weight excluding hydrogens is 298 g/mol. The van der Waals surface area contributed by atoms with Gasteiger partial charge in [-0.05, 0) is 43.7 Å². The van der Waals surface area contributed by atoms with Gasteiger partial charge in [-0.25, -0.2) is 0 Å². The van der Waals surface area contributed by atoms with Crippen LogP contribution in [0.1, 0.15) is 37.3 Å².